The molecule has 102 valence electrons. The van der Waals surface area contributed by atoms with Crippen molar-refractivity contribution in [3.05, 3.63) is 29.6 Å². The van der Waals surface area contributed by atoms with Gasteiger partial charge >= 0.3 is 0 Å². The summed E-state index contributed by atoms with van der Waals surface area (Å²) >= 11 is 1.83. The number of hydrogen-bond donors (Lipinski definition) is 1. The summed E-state index contributed by atoms with van der Waals surface area (Å²) in [7, 11) is 1.49. The molecule has 1 aromatic rings. The maximum absolute atomic E-state index is 13.3. The molecule has 1 aromatic carbocycles. The highest BCUT2D eigenvalue weighted by Crippen LogP contribution is 2.23. The maximum Gasteiger partial charge on any atom is 0.165 e. The summed E-state index contributed by atoms with van der Waals surface area (Å²) in [6.45, 7) is 4.27. The van der Waals surface area contributed by atoms with Crippen molar-refractivity contribution in [1.29, 1.82) is 0 Å². The van der Waals surface area contributed by atoms with Crippen LogP contribution >= 0.6 is 11.8 Å². The van der Waals surface area contributed by atoms with Crippen LogP contribution in [0.4, 0.5) is 4.39 Å². The van der Waals surface area contributed by atoms with Gasteiger partial charge in [0, 0.05) is 17.8 Å². The van der Waals surface area contributed by atoms with Gasteiger partial charge in [-0.2, -0.15) is 11.8 Å². The van der Waals surface area contributed by atoms with Gasteiger partial charge in [0.2, 0.25) is 0 Å². The van der Waals surface area contributed by atoms with Gasteiger partial charge < -0.3 is 10.1 Å². The third-order valence-electron chi connectivity index (χ3n) is 3.02. The second-order valence-corrected chi connectivity index (χ2v) is 5.25. The highest BCUT2D eigenvalue weighted by Gasteiger charge is 2.13. The molecule has 0 bridgehead atoms. The van der Waals surface area contributed by atoms with Crippen molar-refractivity contribution < 1.29 is 9.13 Å². The Hall–Kier alpha value is -0.740. The molecular weight excluding hydrogens is 249 g/mol. The summed E-state index contributed by atoms with van der Waals surface area (Å²) in [5, 5.41) is 3.56. The normalized spacial score (nSPS) is 14.3. The molecule has 1 N–H and O–H groups in total. The molecule has 0 radical (unpaired) electrons. The van der Waals surface area contributed by atoms with Crippen LogP contribution in [-0.4, -0.2) is 25.2 Å². The lowest BCUT2D eigenvalue weighted by Gasteiger charge is -2.22. The van der Waals surface area contributed by atoms with E-state index in [-0.39, 0.29) is 11.9 Å². The lowest BCUT2D eigenvalue weighted by Crippen LogP contribution is -2.33. The van der Waals surface area contributed by atoms with E-state index in [0.29, 0.717) is 11.8 Å². The van der Waals surface area contributed by atoms with E-state index < -0.39 is 0 Å². The van der Waals surface area contributed by atoms with Crippen LogP contribution in [0.3, 0.4) is 0 Å². The quantitative estimate of drug-likeness (QED) is 0.818. The van der Waals surface area contributed by atoms with E-state index in [4.69, 9.17) is 4.74 Å². The van der Waals surface area contributed by atoms with Crippen LogP contribution in [-0.2, 0) is 0 Å². The number of thioether (sulfide) groups is 1. The van der Waals surface area contributed by atoms with Crippen molar-refractivity contribution >= 4 is 11.8 Å². The van der Waals surface area contributed by atoms with Gasteiger partial charge in [-0.15, -0.1) is 0 Å². The molecule has 0 spiro atoms. The summed E-state index contributed by atoms with van der Waals surface area (Å²) in [6.07, 6.45) is 3.19. The first-order valence-electron chi connectivity index (χ1n) is 6.20. The molecule has 0 heterocycles. The lowest BCUT2D eigenvalue weighted by atomic mass is 10.1. The van der Waals surface area contributed by atoms with Crippen molar-refractivity contribution in [2.75, 3.05) is 19.1 Å². The molecule has 1 rings (SSSR count). The van der Waals surface area contributed by atoms with E-state index in [2.05, 4.69) is 25.4 Å². The average molecular weight is 271 g/mol. The third kappa shape index (κ3) is 4.18. The second kappa shape index (κ2) is 7.64. The molecule has 4 heteroatoms. The molecule has 0 aromatic heterocycles. The summed E-state index contributed by atoms with van der Waals surface area (Å²) in [6, 6.07) is 5.70. The fourth-order valence-electron chi connectivity index (χ4n) is 1.88. The predicted molar refractivity (Wildman–Crippen MR) is 77.0 cm³/mol. The molecule has 0 aliphatic rings. The number of halogens is 1. The first-order chi connectivity index (χ1) is 8.62. The maximum atomic E-state index is 13.3. The van der Waals surface area contributed by atoms with Gasteiger partial charge in [0.05, 0.1) is 7.11 Å². The van der Waals surface area contributed by atoms with Crippen LogP contribution in [0, 0.1) is 5.82 Å². The minimum absolute atomic E-state index is 0.191. The zero-order chi connectivity index (χ0) is 13.5. The Bertz CT molecular complexity index is 373. The highest BCUT2D eigenvalue weighted by molar-refractivity contribution is 7.98. The van der Waals surface area contributed by atoms with Crippen molar-refractivity contribution in [3.8, 4) is 5.75 Å². The van der Waals surface area contributed by atoms with E-state index in [1.807, 2.05) is 11.8 Å². The van der Waals surface area contributed by atoms with Gasteiger partial charge in [-0.05, 0) is 37.3 Å². The monoisotopic (exact) mass is 271 g/mol. The topological polar surface area (TPSA) is 21.3 Å². The number of hydrogen-bond acceptors (Lipinski definition) is 3. The van der Waals surface area contributed by atoms with E-state index in [1.165, 1.54) is 13.2 Å². The number of nitrogens with one attached hydrogen (secondary N) is 1. The summed E-state index contributed by atoms with van der Waals surface area (Å²) in [5.74, 6) is 1.07. The molecule has 2 unspecified atom stereocenters. The van der Waals surface area contributed by atoms with E-state index in [9.17, 15) is 4.39 Å². The molecule has 0 aliphatic carbocycles. The number of benzene rings is 1. The Morgan fingerprint density at radius 2 is 2.17 bits per heavy atom. The average Bonchev–Trinajstić information content (AvgIpc) is 2.38. The smallest absolute Gasteiger partial charge is 0.165 e. The van der Waals surface area contributed by atoms with Gasteiger partial charge in [0.1, 0.15) is 0 Å². The van der Waals surface area contributed by atoms with Crippen LogP contribution in [0.15, 0.2) is 18.2 Å². The standard InChI is InChI=1S/C14H22FNOS/c1-5-12(9-18-4)16-10(2)11-6-7-13(15)14(8-11)17-3/h6-8,10,12,16H,5,9H2,1-4H3. The largest absolute Gasteiger partial charge is 0.494 e. The Labute approximate surface area is 113 Å². The fourth-order valence-corrected chi connectivity index (χ4v) is 2.61. The molecule has 0 aliphatic heterocycles. The second-order valence-electron chi connectivity index (χ2n) is 4.34. The molecule has 2 nitrogen and oxygen atoms in total. The van der Waals surface area contributed by atoms with Gasteiger partial charge in [-0.25, -0.2) is 4.39 Å². The predicted octanol–water partition coefficient (Wildman–Crippen LogP) is 3.63. The summed E-state index contributed by atoms with van der Waals surface area (Å²) in [4.78, 5) is 0. The first kappa shape index (κ1) is 15.3. The van der Waals surface area contributed by atoms with Crippen molar-refractivity contribution in [2.24, 2.45) is 0 Å². The van der Waals surface area contributed by atoms with Gasteiger partial charge in [-0.3, -0.25) is 0 Å². The molecule has 0 amide bonds. The van der Waals surface area contributed by atoms with Crippen molar-refractivity contribution in [1.82, 2.24) is 5.32 Å². The molecule has 0 fully saturated rings. The molecule has 2 atom stereocenters. The van der Waals surface area contributed by atoms with Crippen LogP contribution in [0.1, 0.15) is 31.9 Å². The molecular formula is C14H22FNOS. The number of ether oxygens (including phenoxy) is 1. The highest BCUT2D eigenvalue weighted by atomic mass is 32.2. The summed E-state index contributed by atoms with van der Waals surface area (Å²) < 4.78 is 18.3. The van der Waals surface area contributed by atoms with Gasteiger partial charge in [0.15, 0.2) is 11.6 Å². The summed E-state index contributed by atoms with van der Waals surface area (Å²) in [5.41, 5.74) is 1.05. The lowest BCUT2D eigenvalue weighted by molar-refractivity contribution is 0.384. The molecule has 0 saturated heterocycles. The van der Waals surface area contributed by atoms with Gasteiger partial charge in [0.25, 0.3) is 0 Å². The zero-order valence-corrected chi connectivity index (χ0v) is 12.3. The Morgan fingerprint density at radius 3 is 2.72 bits per heavy atom. The van der Waals surface area contributed by atoms with Crippen LogP contribution < -0.4 is 10.1 Å². The molecule has 0 saturated carbocycles. The number of rotatable bonds is 7. The van der Waals surface area contributed by atoms with E-state index in [1.54, 1.807) is 12.1 Å². The first-order valence-corrected chi connectivity index (χ1v) is 7.60. The van der Waals surface area contributed by atoms with Crippen molar-refractivity contribution in [3.63, 3.8) is 0 Å². The Balaban J connectivity index is 2.74. The minimum atomic E-state index is -0.315. The van der Waals surface area contributed by atoms with Crippen LogP contribution in [0.25, 0.3) is 0 Å². The van der Waals surface area contributed by atoms with Crippen LogP contribution in [0.2, 0.25) is 0 Å². The van der Waals surface area contributed by atoms with Crippen molar-refractivity contribution in [2.45, 2.75) is 32.4 Å². The van der Waals surface area contributed by atoms with E-state index in [0.717, 1.165) is 17.7 Å². The SMILES string of the molecule is CCC(CSC)NC(C)c1ccc(F)c(OC)c1. The Kier molecular flexibility index (Phi) is 6.50. The third-order valence-corrected chi connectivity index (χ3v) is 3.76. The van der Waals surface area contributed by atoms with Crippen LogP contribution in [0.5, 0.6) is 5.75 Å². The number of methoxy groups -OCH3 is 1. The molecule has 18 heavy (non-hydrogen) atoms. The van der Waals surface area contributed by atoms with Gasteiger partial charge in [-0.1, -0.05) is 13.0 Å². The van der Waals surface area contributed by atoms with E-state index >= 15 is 0 Å². The zero-order valence-electron chi connectivity index (χ0n) is 11.5. The fraction of sp³-hybridized carbons (Fsp3) is 0.571. The Morgan fingerprint density at radius 1 is 1.44 bits per heavy atom. The minimum Gasteiger partial charge on any atom is -0.494 e.